The number of para-hydroxylation sites is 1. The molecule has 0 aliphatic carbocycles. The molecule has 2 aromatic heterocycles. The summed E-state index contributed by atoms with van der Waals surface area (Å²) in [6, 6.07) is 10.00. The number of aromatic nitrogens is 3. The summed E-state index contributed by atoms with van der Waals surface area (Å²) in [6.45, 7) is 1.91. The Labute approximate surface area is 163 Å². The van der Waals surface area contributed by atoms with E-state index in [1.807, 2.05) is 30.3 Å². The average Bonchev–Trinajstić information content (AvgIpc) is 3.19. The van der Waals surface area contributed by atoms with Gasteiger partial charge in [0, 0.05) is 43.8 Å². The van der Waals surface area contributed by atoms with E-state index in [1.54, 1.807) is 12.5 Å². The molecule has 0 saturated carbocycles. The van der Waals surface area contributed by atoms with Crippen LogP contribution >= 0.6 is 0 Å². The van der Waals surface area contributed by atoms with E-state index in [0.717, 1.165) is 54.0 Å². The molecule has 2 atom stereocenters. The van der Waals surface area contributed by atoms with Gasteiger partial charge in [0.2, 0.25) is 0 Å². The van der Waals surface area contributed by atoms with E-state index < -0.39 is 0 Å². The van der Waals surface area contributed by atoms with Crippen LogP contribution in [0.2, 0.25) is 0 Å². The topological polar surface area (TPSA) is 70.7 Å². The summed E-state index contributed by atoms with van der Waals surface area (Å²) in [6.07, 6.45) is 9.57. The fourth-order valence-corrected chi connectivity index (χ4v) is 4.10. The molecule has 3 aromatic rings. The standard InChI is InChI=1S/C21H22N6O/c1-26-12-9-18(17-8-10-22-14-23-17)24-21(26)27-11-4-5-15(13-27)20-16-6-2-3-7-19(16)28-25-20/h2-3,6-10,12,14-15,21H,4-5,11,13H2,1H3/t15?,21-/m1/s1. The number of rotatable bonds is 3. The molecule has 1 aromatic carbocycles. The maximum Gasteiger partial charge on any atom is 0.178 e. The molecule has 0 N–H and O–H groups in total. The summed E-state index contributed by atoms with van der Waals surface area (Å²) in [4.78, 5) is 17.9. The van der Waals surface area contributed by atoms with Gasteiger partial charge in [-0.3, -0.25) is 4.90 Å². The molecular formula is C21H22N6O. The molecule has 2 aliphatic heterocycles. The maximum atomic E-state index is 5.55. The van der Waals surface area contributed by atoms with Crippen molar-refractivity contribution in [3.8, 4) is 0 Å². The SMILES string of the molecule is CN1C=CC(c2ccncn2)=N[C@H]1N1CCCC(c2noc3ccccc23)C1. The van der Waals surface area contributed by atoms with Crippen molar-refractivity contribution in [2.45, 2.75) is 25.0 Å². The predicted molar refractivity (Wildman–Crippen MR) is 107 cm³/mol. The first-order valence-corrected chi connectivity index (χ1v) is 9.62. The van der Waals surface area contributed by atoms with Crippen LogP contribution in [0.25, 0.3) is 11.0 Å². The van der Waals surface area contributed by atoms with Gasteiger partial charge in [0.1, 0.15) is 6.33 Å². The number of allylic oxidation sites excluding steroid dienone is 1. The van der Waals surface area contributed by atoms with E-state index in [4.69, 9.17) is 9.52 Å². The molecule has 28 heavy (non-hydrogen) atoms. The van der Waals surface area contributed by atoms with Crippen molar-refractivity contribution in [3.63, 3.8) is 0 Å². The van der Waals surface area contributed by atoms with Gasteiger partial charge in [-0.25, -0.2) is 15.0 Å². The Balaban J connectivity index is 1.41. The Morgan fingerprint density at radius 2 is 2.11 bits per heavy atom. The van der Waals surface area contributed by atoms with E-state index in [2.05, 4.69) is 44.2 Å². The third-order valence-corrected chi connectivity index (χ3v) is 5.50. The van der Waals surface area contributed by atoms with Crippen LogP contribution in [0.15, 0.2) is 64.6 Å². The highest BCUT2D eigenvalue weighted by Gasteiger charge is 2.31. The van der Waals surface area contributed by atoms with Crippen LogP contribution in [0, 0.1) is 0 Å². The molecule has 7 heteroatoms. The quantitative estimate of drug-likeness (QED) is 0.702. The number of piperidine rings is 1. The summed E-state index contributed by atoms with van der Waals surface area (Å²) in [5, 5.41) is 5.52. The molecule has 2 aliphatic rings. The van der Waals surface area contributed by atoms with Crippen molar-refractivity contribution in [2.24, 2.45) is 4.99 Å². The van der Waals surface area contributed by atoms with Crippen LogP contribution in [0.3, 0.4) is 0 Å². The number of benzene rings is 1. The highest BCUT2D eigenvalue weighted by atomic mass is 16.5. The van der Waals surface area contributed by atoms with Gasteiger partial charge in [-0.1, -0.05) is 17.3 Å². The Morgan fingerprint density at radius 1 is 1.18 bits per heavy atom. The lowest BCUT2D eigenvalue weighted by molar-refractivity contribution is 0.0693. The average molecular weight is 374 g/mol. The molecule has 1 fully saturated rings. The van der Waals surface area contributed by atoms with Crippen molar-refractivity contribution in [1.29, 1.82) is 0 Å². The van der Waals surface area contributed by atoms with Crippen LogP contribution in [0.5, 0.6) is 0 Å². The minimum atomic E-state index is -0.0454. The number of likely N-dealkylation sites (tertiary alicyclic amines) is 1. The van der Waals surface area contributed by atoms with Crippen molar-refractivity contribution in [2.75, 3.05) is 20.1 Å². The second kappa shape index (κ2) is 7.16. The first-order valence-electron chi connectivity index (χ1n) is 9.62. The van der Waals surface area contributed by atoms with Gasteiger partial charge in [0.15, 0.2) is 11.9 Å². The van der Waals surface area contributed by atoms with E-state index in [1.165, 1.54) is 0 Å². The van der Waals surface area contributed by atoms with Crippen LogP contribution in [0.1, 0.15) is 30.1 Å². The molecular weight excluding hydrogens is 352 g/mol. The molecule has 1 saturated heterocycles. The lowest BCUT2D eigenvalue weighted by Gasteiger charge is -2.40. The van der Waals surface area contributed by atoms with Crippen LogP contribution in [0.4, 0.5) is 0 Å². The molecule has 0 spiro atoms. The van der Waals surface area contributed by atoms with Crippen molar-refractivity contribution >= 4 is 16.7 Å². The second-order valence-corrected chi connectivity index (χ2v) is 7.33. The largest absolute Gasteiger partial charge is 0.356 e. The van der Waals surface area contributed by atoms with Gasteiger partial charge in [0.25, 0.3) is 0 Å². The van der Waals surface area contributed by atoms with Crippen molar-refractivity contribution in [3.05, 3.63) is 66.5 Å². The minimum Gasteiger partial charge on any atom is -0.356 e. The molecule has 5 rings (SSSR count). The first-order chi connectivity index (χ1) is 13.8. The van der Waals surface area contributed by atoms with Gasteiger partial charge in [-0.15, -0.1) is 0 Å². The minimum absolute atomic E-state index is 0.0454. The number of hydrogen-bond donors (Lipinski definition) is 0. The highest BCUT2D eigenvalue weighted by molar-refractivity contribution is 6.07. The monoisotopic (exact) mass is 374 g/mol. The fourth-order valence-electron chi connectivity index (χ4n) is 4.10. The van der Waals surface area contributed by atoms with Gasteiger partial charge < -0.3 is 9.42 Å². The van der Waals surface area contributed by atoms with E-state index in [9.17, 15) is 0 Å². The van der Waals surface area contributed by atoms with Gasteiger partial charge in [-0.2, -0.15) is 0 Å². The van der Waals surface area contributed by atoms with Crippen molar-refractivity contribution in [1.82, 2.24) is 24.9 Å². The first kappa shape index (κ1) is 17.1. The number of aliphatic imine (C=N–C) groups is 1. The number of hydrogen-bond acceptors (Lipinski definition) is 7. The molecule has 0 radical (unpaired) electrons. The summed E-state index contributed by atoms with van der Waals surface area (Å²) in [7, 11) is 2.07. The molecule has 142 valence electrons. The Morgan fingerprint density at radius 3 is 3.00 bits per heavy atom. The summed E-state index contributed by atoms with van der Waals surface area (Å²) in [5.41, 5.74) is 3.66. The Kier molecular flexibility index (Phi) is 4.37. The fraction of sp³-hybridized carbons (Fsp3) is 0.333. The third-order valence-electron chi connectivity index (χ3n) is 5.50. The van der Waals surface area contributed by atoms with Gasteiger partial charge in [0.05, 0.1) is 17.1 Å². The summed E-state index contributed by atoms with van der Waals surface area (Å²) >= 11 is 0. The summed E-state index contributed by atoms with van der Waals surface area (Å²) in [5.74, 6) is 0.342. The maximum absolute atomic E-state index is 5.55. The smallest absolute Gasteiger partial charge is 0.178 e. The molecule has 4 heterocycles. The Hall–Kier alpha value is -3.06. The molecule has 1 unspecified atom stereocenters. The second-order valence-electron chi connectivity index (χ2n) is 7.33. The summed E-state index contributed by atoms with van der Waals surface area (Å²) < 4.78 is 5.55. The Bertz CT molecular complexity index is 1030. The van der Waals surface area contributed by atoms with Crippen molar-refractivity contribution < 1.29 is 4.52 Å². The molecule has 7 nitrogen and oxygen atoms in total. The molecule has 0 amide bonds. The predicted octanol–water partition coefficient (Wildman–Crippen LogP) is 3.03. The highest BCUT2D eigenvalue weighted by Crippen LogP contribution is 2.33. The lowest BCUT2D eigenvalue weighted by atomic mass is 9.93. The number of nitrogens with zero attached hydrogens (tertiary/aromatic N) is 6. The molecule has 0 bridgehead atoms. The lowest BCUT2D eigenvalue weighted by Crippen LogP contribution is -2.49. The van der Waals surface area contributed by atoms with Crippen LogP contribution < -0.4 is 0 Å². The van der Waals surface area contributed by atoms with E-state index in [-0.39, 0.29) is 6.29 Å². The van der Waals surface area contributed by atoms with E-state index in [0.29, 0.717) is 5.92 Å². The van der Waals surface area contributed by atoms with Crippen LogP contribution in [-0.2, 0) is 0 Å². The van der Waals surface area contributed by atoms with E-state index >= 15 is 0 Å². The van der Waals surface area contributed by atoms with Gasteiger partial charge in [-0.05, 0) is 37.1 Å². The van der Waals surface area contributed by atoms with Crippen LogP contribution in [-0.4, -0.2) is 57.1 Å². The zero-order chi connectivity index (χ0) is 18.9. The zero-order valence-electron chi connectivity index (χ0n) is 15.8. The normalized spacial score (nSPS) is 23.2. The van der Waals surface area contributed by atoms with Gasteiger partial charge >= 0.3 is 0 Å². The zero-order valence-corrected chi connectivity index (χ0v) is 15.8. The third kappa shape index (κ3) is 3.07. The number of fused-ring (bicyclic) bond motifs is 1.